The molecule has 1 saturated carbocycles. The van der Waals surface area contributed by atoms with Crippen LogP contribution in [0, 0.1) is 18.8 Å². The highest BCUT2D eigenvalue weighted by atomic mass is 16.5. The third-order valence-corrected chi connectivity index (χ3v) is 9.59. The summed E-state index contributed by atoms with van der Waals surface area (Å²) in [6.07, 6.45) is 4.36. The molecule has 0 saturated heterocycles. The second-order valence-electron chi connectivity index (χ2n) is 14.7. The molecule has 3 aromatic rings. The molecule has 6 rings (SSSR count). The van der Waals surface area contributed by atoms with Crippen LogP contribution in [-0.2, 0) is 32.0 Å². The zero-order chi connectivity index (χ0) is 38.8. The summed E-state index contributed by atoms with van der Waals surface area (Å²) in [5.74, 6) is -0.607. The number of aromatic nitrogens is 1. The van der Waals surface area contributed by atoms with Gasteiger partial charge in [-0.1, -0.05) is 38.1 Å². The van der Waals surface area contributed by atoms with Crippen LogP contribution in [0.15, 0.2) is 66.9 Å². The zero-order valence-electron chi connectivity index (χ0n) is 31.7. The van der Waals surface area contributed by atoms with Gasteiger partial charge >= 0.3 is 0 Å². The average molecular weight is 741 g/mol. The molecule has 2 bridgehead atoms. The van der Waals surface area contributed by atoms with Gasteiger partial charge in [-0.25, -0.2) is 0 Å². The number of rotatable bonds is 9. The summed E-state index contributed by atoms with van der Waals surface area (Å²) in [5.41, 5.74) is 2.29. The molecule has 54 heavy (non-hydrogen) atoms. The standard InChI is InChI=1S/C41H52N6O7/c1-25(2)19-31-24-54-33-16-12-29(13-17-33)21-36(45-38(49)34-7-6-18-42-26(34)3)40(51)46-35(20-28-10-14-32(53-5)15-11-28)39(50)43-27(4)41(52)47(22-30-8-9-30)23-37(48)44-31/h6-7,10-18,25,27,30-31,35-36H,8-9,19-24H2,1-5H3,(H,43,50)(H,44,48)(H,45,49)(H,46,51)/t27-,31+,35+,36+/m1/s1. The molecule has 13 nitrogen and oxygen atoms in total. The lowest BCUT2D eigenvalue weighted by Crippen LogP contribution is -2.58. The second kappa shape index (κ2) is 18.5. The minimum Gasteiger partial charge on any atom is -0.497 e. The number of aryl methyl sites for hydroxylation is 1. The van der Waals surface area contributed by atoms with Crippen molar-refractivity contribution in [1.29, 1.82) is 0 Å². The molecular formula is C41H52N6O7. The van der Waals surface area contributed by atoms with Gasteiger partial charge in [0.15, 0.2) is 0 Å². The Bertz CT molecular complexity index is 1780. The number of fused-ring (bicyclic) bond motifs is 17. The number of hydrogen-bond donors (Lipinski definition) is 4. The van der Waals surface area contributed by atoms with Crippen LogP contribution >= 0.6 is 0 Å². The Hall–Kier alpha value is -5.46. The molecule has 0 spiro atoms. The fourth-order valence-corrected chi connectivity index (χ4v) is 6.48. The highest BCUT2D eigenvalue weighted by Gasteiger charge is 2.34. The van der Waals surface area contributed by atoms with Gasteiger partial charge in [0.1, 0.15) is 36.2 Å². The molecule has 3 heterocycles. The van der Waals surface area contributed by atoms with Crippen LogP contribution < -0.4 is 30.7 Å². The van der Waals surface area contributed by atoms with Crippen molar-refractivity contribution < 1.29 is 33.4 Å². The van der Waals surface area contributed by atoms with E-state index in [-0.39, 0.29) is 49.8 Å². The van der Waals surface area contributed by atoms with E-state index in [0.29, 0.717) is 35.7 Å². The lowest BCUT2D eigenvalue weighted by molar-refractivity contribution is -0.140. The van der Waals surface area contributed by atoms with Crippen molar-refractivity contribution in [3.63, 3.8) is 0 Å². The number of nitrogens with zero attached hydrogens (tertiary/aromatic N) is 2. The third kappa shape index (κ3) is 11.5. The van der Waals surface area contributed by atoms with Crippen molar-refractivity contribution in [3.8, 4) is 11.5 Å². The second-order valence-corrected chi connectivity index (χ2v) is 14.7. The van der Waals surface area contributed by atoms with Crippen molar-refractivity contribution in [2.45, 2.75) is 84.0 Å². The minimum atomic E-state index is -1.13. The molecule has 2 aliphatic heterocycles. The molecule has 1 aromatic heterocycles. The van der Waals surface area contributed by atoms with Gasteiger partial charge in [0.05, 0.1) is 25.3 Å². The summed E-state index contributed by atoms with van der Waals surface area (Å²) < 4.78 is 11.4. The van der Waals surface area contributed by atoms with Gasteiger partial charge in [-0.2, -0.15) is 0 Å². The Morgan fingerprint density at radius 2 is 1.70 bits per heavy atom. The van der Waals surface area contributed by atoms with Crippen molar-refractivity contribution in [2.75, 3.05) is 26.8 Å². The average Bonchev–Trinajstić information content (AvgIpc) is 3.97. The molecule has 1 aliphatic carbocycles. The van der Waals surface area contributed by atoms with Crippen molar-refractivity contribution in [1.82, 2.24) is 31.2 Å². The topological polar surface area (TPSA) is 168 Å². The molecule has 13 heteroatoms. The molecule has 0 radical (unpaired) electrons. The summed E-state index contributed by atoms with van der Waals surface area (Å²) in [7, 11) is 1.55. The molecule has 5 amide bonds. The smallest absolute Gasteiger partial charge is 0.253 e. The van der Waals surface area contributed by atoms with Gasteiger partial charge in [0.2, 0.25) is 23.6 Å². The van der Waals surface area contributed by atoms with Crippen LogP contribution in [-0.4, -0.2) is 90.4 Å². The predicted octanol–water partition coefficient (Wildman–Crippen LogP) is 3.13. The van der Waals surface area contributed by atoms with E-state index in [1.165, 1.54) is 4.90 Å². The monoisotopic (exact) mass is 740 g/mol. The molecular weight excluding hydrogens is 688 g/mol. The molecule has 1 fully saturated rings. The summed E-state index contributed by atoms with van der Waals surface area (Å²) in [6.45, 7) is 7.86. The van der Waals surface area contributed by atoms with E-state index in [0.717, 1.165) is 24.0 Å². The molecule has 0 unspecified atom stereocenters. The van der Waals surface area contributed by atoms with Crippen molar-refractivity contribution >= 4 is 29.5 Å². The fraction of sp³-hybridized carbons (Fsp3) is 0.463. The van der Waals surface area contributed by atoms with E-state index in [1.807, 2.05) is 12.1 Å². The maximum absolute atomic E-state index is 14.2. The van der Waals surface area contributed by atoms with Crippen LogP contribution in [0.5, 0.6) is 11.5 Å². The van der Waals surface area contributed by atoms with Crippen molar-refractivity contribution in [2.24, 2.45) is 11.8 Å². The van der Waals surface area contributed by atoms with Crippen LogP contribution in [0.2, 0.25) is 0 Å². The van der Waals surface area contributed by atoms with E-state index in [2.05, 4.69) is 40.1 Å². The number of methoxy groups -OCH3 is 1. The van der Waals surface area contributed by atoms with Gasteiger partial charge in [-0.15, -0.1) is 0 Å². The van der Waals surface area contributed by atoms with Crippen LogP contribution in [0.3, 0.4) is 0 Å². The van der Waals surface area contributed by atoms with Gasteiger partial charge in [0.25, 0.3) is 5.91 Å². The lowest BCUT2D eigenvalue weighted by Gasteiger charge is -2.29. The number of benzene rings is 2. The molecule has 3 aliphatic rings. The Labute approximate surface area is 317 Å². The van der Waals surface area contributed by atoms with E-state index < -0.39 is 41.8 Å². The highest BCUT2D eigenvalue weighted by Crippen LogP contribution is 2.30. The third-order valence-electron chi connectivity index (χ3n) is 9.59. The van der Waals surface area contributed by atoms with E-state index in [1.54, 1.807) is 75.7 Å². The van der Waals surface area contributed by atoms with Crippen molar-refractivity contribution in [3.05, 3.63) is 89.2 Å². The van der Waals surface area contributed by atoms with E-state index >= 15 is 0 Å². The van der Waals surface area contributed by atoms with Crippen LogP contribution in [0.1, 0.15) is 67.2 Å². The maximum Gasteiger partial charge on any atom is 0.253 e. The number of pyridine rings is 1. The summed E-state index contributed by atoms with van der Waals surface area (Å²) in [4.78, 5) is 74.8. The number of carbonyl (C=O) groups is 5. The largest absolute Gasteiger partial charge is 0.497 e. The first kappa shape index (κ1) is 39.7. The molecule has 288 valence electrons. The summed E-state index contributed by atoms with van der Waals surface area (Å²) >= 11 is 0. The first-order valence-corrected chi connectivity index (χ1v) is 18.6. The Morgan fingerprint density at radius 3 is 2.35 bits per heavy atom. The first-order chi connectivity index (χ1) is 25.9. The molecule has 4 N–H and O–H groups in total. The predicted molar refractivity (Wildman–Crippen MR) is 203 cm³/mol. The SMILES string of the molecule is COc1ccc(C[C@@H]2NC(=O)[C@@H](NC(=O)c3cccnc3C)Cc3ccc(cc3)OC[C@H](CC(C)C)NC(=O)CN(CC3CC3)C(=O)[C@@H](C)NC2=O)cc1. The Morgan fingerprint density at radius 1 is 0.981 bits per heavy atom. The van der Waals surface area contributed by atoms with Gasteiger partial charge in [-0.3, -0.25) is 29.0 Å². The highest BCUT2D eigenvalue weighted by molar-refractivity contribution is 5.99. The lowest BCUT2D eigenvalue weighted by atomic mass is 10.0. The Kier molecular flexibility index (Phi) is 13.6. The number of carbonyl (C=O) groups excluding carboxylic acids is 5. The van der Waals surface area contributed by atoms with E-state index in [4.69, 9.17) is 9.47 Å². The van der Waals surface area contributed by atoms with E-state index in [9.17, 15) is 24.0 Å². The number of ether oxygens (including phenoxy) is 2. The normalized spacial score (nSPS) is 21.8. The zero-order valence-corrected chi connectivity index (χ0v) is 31.7. The van der Waals surface area contributed by atoms with Gasteiger partial charge in [-0.05, 0) is 92.5 Å². The summed E-state index contributed by atoms with van der Waals surface area (Å²) in [6, 6.07) is 14.0. The molecule has 2 aromatic carbocycles. The number of nitrogens with one attached hydrogen (secondary N) is 4. The number of hydrogen-bond acceptors (Lipinski definition) is 8. The first-order valence-electron chi connectivity index (χ1n) is 18.6. The quantitative estimate of drug-likeness (QED) is 0.243. The number of amides is 5. The summed E-state index contributed by atoms with van der Waals surface area (Å²) in [5, 5.41) is 11.6. The maximum atomic E-state index is 14.2. The van der Waals surface area contributed by atoms with Gasteiger partial charge in [0, 0.05) is 31.3 Å². The van der Waals surface area contributed by atoms with Gasteiger partial charge < -0.3 is 35.6 Å². The Balaban J connectivity index is 1.48. The minimum absolute atomic E-state index is 0.0856. The van der Waals surface area contributed by atoms with Crippen LogP contribution in [0.25, 0.3) is 0 Å². The molecule has 4 atom stereocenters. The fourth-order valence-electron chi connectivity index (χ4n) is 6.48. The van der Waals surface area contributed by atoms with Crippen LogP contribution in [0.4, 0.5) is 0 Å².